The normalized spacial score (nSPS) is 21.4. The number of aromatic nitrogens is 3. The van der Waals surface area contributed by atoms with Crippen LogP contribution in [0.25, 0.3) is 78.0 Å². The molecule has 4 aliphatic carbocycles. The van der Waals surface area contributed by atoms with Crippen LogP contribution in [0.2, 0.25) is 0 Å². The average molecular weight is 848 g/mol. The number of hydrogen-bond acceptors (Lipinski definition) is 4. The molecule has 0 amide bonds. The molecule has 0 spiro atoms. The van der Waals surface area contributed by atoms with E-state index in [1.807, 2.05) is 25.5 Å². The van der Waals surface area contributed by atoms with Gasteiger partial charge in [-0.05, 0) is 130 Å². The minimum absolute atomic E-state index is 0.0524. The molecule has 8 aromatic carbocycles. The summed E-state index contributed by atoms with van der Waals surface area (Å²) in [7, 11) is -2.31. The maximum Gasteiger partial charge on any atom is 0.165 e. The summed E-state index contributed by atoms with van der Waals surface area (Å²) in [5, 5.41) is 5.49. The van der Waals surface area contributed by atoms with E-state index in [2.05, 4.69) is 170 Å². The molecule has 1 aromatic heterocycles. The van der Waals surface area contributed by atoms with Gasteiger partial charge in [0.25, 0.3) is 0 Å². The predicted octanol–water partition coefficient (Wildman–Crippen LogP) is 14.5. The summed E-state index contributed by atoms with van der Waals surface area (Å²) in [5.74, 6) is 4.91. The van der Waals surface area contributed by atoms with Crippen LogP contribution in [0.3, 0.4) is 0 Å². The first-order valence-electron chi connectivity index (χ1n) is 23.0. The zero-order chi connectivity index (χ0) is 43.0. The summed E-state index contributed by atoms with van der Waals surface area (Å²) in [6.07, 6.45) is 6.61. The minimum Gasteiger partial charge on any atom is -0.319 e. The fraction of sp³-hybridized carbons (Fsp3) is 0.203. The SMILES string of the molecule is CP(C)(=O)c1ccc(-c2ccc(C3(c4ccc(-c5nc(-c6ccc(-c7ccccc7)cc6)nc(-c6c7ccccc7cc7ccccc67)n5)cc4)C4CC5CC(C4)CC3C5)cc2)cc1. The van der Waals surface area contributed by atoms with Crippen molar-refractivity contribution in [2.75, 3.05) is 13.3 Å². The van der Waals surface area contributed by atoms with Crippen molar-refractivity contribution < 1.29 is 4.57 Å². The van der Waals surface area contributed by atoms with Gasteiger partial charge >= 0.3 is 0 Å². The quantitative estimate of drug-likeness (QED) is 0.113. The van der Waals surface area contributed by atoms with Crippen molar-refractivity contribution in [2.45, 2.75) is 37.5 Å². The summed E-state index contributed by atoms with van der Waals surface area (Å²) < 4.78 is 12.8. The van der Waals surface area contributed by atoms with Crippen molar-refractivity contribution in [3.8, 4) is 56.4 Å². The zero-order valence-corrected chi connectivity index (χ0v) is 37.3. The molecule has 9 aromatic rings. The first-order valence-corrected chi connectivity index (χ1v) is 25.6. The summed E-state index contributed by atoms with van der Waals surface area (Å²) in [5.41, 5.74) is 10.5. The Bertz CT molecular complexity index is 3160. The first kappa shape index (κ1) is 39.1. The Morgan fingerprint density at radius 3 is 1.31 bits per heavy atom. The second kappa shape index (κ2) is 15.4. The molecule has 64 heavy (non-hydrogen) atoms. The van der Waals surface area contributed by atoms with Gasteiger partial charge in [0.05, 0.1) is 0 Å². The van der Waals surface area contributed by atoms with Crippen LogP contribution in [0, 0.1) is 23.7 Å². The van der Waals surface area contributed by atoms with Crippen molar-refractivity contribution in [1.29, 1.82) is 0 Å². The van der Waals surface area contributed by atoms with E-state index in [0.717, 1.165) is 66.5 Å². The molecule has 4 bridgehead atoms. The van der Waals surface area contributed by atoms with Crippen LogP contribution < -0.4 is 5.30 Å². The third kappa shape index (κ3) is 6.65. The van der Waals surface area contributed by atoms with E-state index in [1.54, 1.807) is 0 Å². The van der Waals surface area contributed by atoms with Crippen molar-refractivity contribution in [3.63, 3.8) is 0 Å². The van der Waals surface area contributed by atoms with Crippen molar-refractivity contribution >= 4 is 34.0 Å². The maximum absolute atomic E-state index is 12.8. The molecule has 4 aliphatic rings. The minimum atomic E-state index is -2.31. The molecule has 4 fully saturated rings. The largest absolute Gasteiger partial charge is 0.319 e. The van der Waals surface area contributed by atoms with Gasteiger partial charge in [0, 0.05) is 27.4 Å². The maximum atomic E-state index is 12.8. The number of fused-ring (bicyclic) bond motifs is 2. The van der Waals surface area contributed by atoms with Crippen LogP contribution >= 0.6 is 7.14 Å². The first-order chi connectivity index (χ1) is 31.3. The van der Waals surface area contributed by atoms with Gasteiger partial charge in [-0.1, -0.05) is 176 Å². The van der Waals surface area contributed by atoms with Gasteiger partial charge in [-0.25, -0.2) is 15.0 Å². The van der Waals surface area contributed by atoms with Gasteiger partial charge in [-0.2, -0.15) is 0 Å². The molecule has 0 radical (unpaired) electrons. The smallest absolute Gasteiger partial charge is 0.165 e. The molecule has 0 N–H and O–H groups in total. The summed E-state index contributed by atoms with van der Waals surface area (Å²) in [6.45, 7) is 3.68. The topological polar surface area (TPSA) is 55.7 Å². The standard InChI is InChI=1S/C59H50N3OP/c1-64(2,63)52-30-24-43(25-31-52)42-20-26-48(27-21-42)59(50-33-38-32-39(35-50)36-51(59)34-38)49-28-22-45(23-29-49)57-60-56(44-18-16-41(17-19-44)40-10-4-3-5-11-40)61-58(62-57)55-53-14-8-6-12-46(53)37-47-13-7-9-15-54(47)55/h3-31,37-39,50-51H,32-36H2,1-2H3. The Morgan fingerprint density at radius 2 is 0.812 bits per heavy atom. The third-order valence-electron chi connectivity index (χ3n) is 15.1. The predicted molar refractivity (Wildman–Crippen MR) is 265 cm³/mol. The van der Waals surface area contributed by atoms with Gasteiger partial charge in [-0.15, -0.1) is 0 Å². The van der Waals surface area contributed by atoms with Crippen LogP contribution in [0.5, 0.6) is 0 Å². The summed E-state index contributed by atoms with van der Waals surface area (Å²) in [6, 6.07) is 65.7. The van der Waals surface area contributed by atoms with Gasteiger partial charge in [-0.3, -0.25) is 0 Å². The third-order valence-corrected chi connectivity index (χ3v) is 16.7. The van der Waals surface area contributed by atoms with Crippen LogP contribution in [0.15, 0.2) is 182 Å². The number of hydrogen-bond donors (Lipinski definition) is 0. The lowest BCUT2D eigenvalue weighted by Gasteiger charge is -2.62. The van der Waals surface area contributed by atoms with Crippen LogP contribution in [0.1, 0.15) is 43.2 Å². The fourth-order valence-corrected chi connectivity index (χ4v) is 13.2. The van der Waals surface area contributed by atoms with Crippen LogP contribution in [0.4, 0.5) is 0 Å². The van der Waals surface area contributed by atoms with Crippen molar-refractivity contribution in [3.05, 3.63) is 193 Å². The second-order valence-electron chi connectivity index (χ2n) is 19.2. The molecule has 0 aliphatic heterocycles. The molecular weight excluding hydrogens is 798 g/mol. The van der Waals surface area contributed by atoms with Crippen molar-refractivity contribution in [2.24, 2.45) is 23.7 Å². The zero-order valence-electron chi connectivity index (χ0n) is 36.4. The van der Waals surface area contributed by atoms with Crippen LogP contribution in [-0.4, -0.2) is 28.3 Å². The molecule has 312 valence electrons. The molecular formula is C59H50N3OP. The fourth-order valence-electron chi connectivity index (χ4n) is 12.3. The number of benzene rings is 8. The number of rotatable bonds is 8. The molecule has 5 heteroatoms. The van der Waals surface area contributed by atoms with Gasteiger partial charge < -0.3 is 4.57 Å². The van der Waals surface area contributed by atoms with E-state index in [1.165, 1.54) is 54.4 Å². The highest BCUT2D eigenvalue weighted by atomic mass is 31.2. The lowest BCUT2D eigenvalue weighted by atomic mass is 9.42. The molecule has 4 nitrogen and oxygen atoms in total. The van der Waals surface area contributed by atoms with Gasteiger partial charge in [0.1, 0.15) is 7.14 Å². The molecule has 0 saturated heterocycles. The Labute approximate surface area is 375 Å². The lowest BCUT2D eigenvalue weighted by Crippen LogP contribution is -2.56. The molecule has 4 saturated carbocycles. The Balaban J connectivity index is 0.977. The molecule has 0 unspecified atom stereocenters. The Morgan fingerprint density at radius 1 is 0.422 bits per heavy atom. The van der Waals surface area contributed by atoms with Gasteiger partial charge in [0.2, 0.25) is 0 Å². The van der Waals surface area contributed by atoms with E-state index in [9.17, 15) is 4.57 Å². The summed E-state index contributed by atoms with van der Waals surface area (Å²) in [4.78, 5) is 15.9. The second-order valence-corrected chi connectivity index (χ2v) is 22.4. The highest BCUT2D eigenvalue weighted by Gasteiger charge is 2.58. The molecule has 0 atom stereocenters. The number of nitrogens with zero attached hydrogens (tertiary/aromatic N) is 3. The molecule has 1 heterocycles. The Hall–Kier alpha value is -6.48. The Kier molecular flexibility index (Phi) is 9.39. The monoisotopic (exact) mass is 847 g/mol. The van der Waals surface area contributed by atoms with Crippen molar-refractivity contribution in [1.82, 2.24) is 15.0 Å². The highest BCUT2D eigenvalue weighted by Crippen LogP contribution is 2.65. The van der Waals surface area contributed by atoms with E-state index >= 15 is 0 Å². The lowest BCUT2D eigenvalue weighted by molar-refractivity contribution is -0.0418. The van der Waals surface area contributed by atoms with E-state index in [0.29, 0.717) is 29.3 Å². The molecule has 13 rings (SSSR count). The summed E-state index contributed by atoms with van der Waals surface area (Å²) >= 11 is 0. The highest BCUT2D eigenvalue weighted by molar-refractivity contribution is 7.70. The average Bonchev–Trinajstić information content (AvgIpc) is 3.33. The van der Waals surface area contributed by atoms with E-state index in [4.69, 9.17) is 15.0 Å². The van der Waals surface area contributed by atoms with Gasteiger partial charge in [0.15, 0.2) is 17.5 Å². The van der Waals surface area contributed by atoms with Crippen LogP contribution in [-0.2, 0) is 9.98 Å². The van der Waals surface area contributed by atoms with E-state index in [-0.39, 0.29) is 5.41 Å². The van der Waals surface area contributed by atoms with E-state index < -0.39 is 7.14 Å².